The molecule has 0 aliphatic rings. The Morgan fingerprint density at radius 1 is 0.339 bits per heavy atom. The van der Waals surface area contributed by atoms with Gasteiger partial charge in [0.25, 0.3) is 0 Å². The maximum atomic E-state index is 6.85. The summed E-state index contributed by atoms with van der Waals surface area (Å²) in [4.78, 5) is 15.3. The lowest BCUT2D eigenvalue weighted by molar-refractivity contribution is 0.670. The summed E-state index contributed by atoms with van der Waals surface area (Å²) < 4.78 is 9.38. The molecule has 0 saturated carbocycles. The van der Waals surface area contributed by atoms with Gasteiger partial charge in [-0.3, -0.25) is 0 Å². The third kappa shape index (κ3) is 5.40. The fourth-order valence-electron chi connectivity index (χ4n) is 7.95. The first-order valence-corrected chi connectivity index (χ1v) is 19.5. The zero-order valence-electron chi connectivity index (χ0n) is 30.1. The summed E-state index contributed by atoms with van der Waals surface area (Å²) in [5.41, 5.74) is 11.4. The van der Waals surface area contributed by atoms with E-state index < -0.39 is 0 Å². The van der Waals surface area contributed by atoms with Crippen molar-refractivity contribution in [3.05, 3.63) is 188 Å². The van der Waals surface area contributed by atoms with Crippen LogP contribution in [0.2, 0.25) is 0 Å². The van der Waals surface area contributed by atoms with Gasteiger partial charge in [-0.1, -0.05) is 176 Å². The molecule has 0 unspecified atom stereocenters. The Kier molecular flexibility index (Phi) is 7.64. The van der Waals surface area contributed by atoms with E-state index in [1.807, 2.05) is 59.9 Å². The van der Waals surface area contributed by atoms with Gasteiger partial charge in [0.2, 0.25) is 0 Å². The van der Waals surface area contributed by atoms with Crippen LogP contribution in [0.4, 0.5) is 0 Å². The second-order valence-corrected chi connectivity index (χ2v) is 15.0. The number of fused-ring (bicyclic) bond motifs is 6. The molecule has 0 atom stereocenters. The lowest BCUT2D eigenvalue weighted by atomic mass is 9.95. The van der Waals surface area contributed by atoms with E-state index in [1.54, 1.807) is 0 Å². The number of benzene rings is 8. The van der Waals surface area contributed by atoms with Gasteiger partial charge < -0.3 is 4.42 Å². The lowest BCUT2D eigenvalue weighted by Crippen LogP contribution is -2.00. The Labute approximate surface area is 327 Å². The molecule has 0 fully saturated rings. The van der Waals surface area contributed by atoms with Gasteiger partial charge in [0.1, 0.15) is 11.2 Å². The second-order valence-electron chi connectivity index (χ2n) is 13.9. The quantitative estimate of drug-likeness (QED) is 0.171. The van der Waals surface area contributed by atoms with E-state index in [2.05, 4.69) is 140 Å². The Bertz CT molecular complexity index is 3230. The van der Waals surface area contributed by atoms with Crippen molar-refractivity contribution < 1.29 is 4.42 Å². The van der Waals surface area contributed by atoms with E-state index in [1.165, 1.54) is 36.9 Å². The number of aromatic nitrogens is 3. The summed E-state index contributed by atoms with van der Waals surface area (Å²) in [7, 11) is 0. The van der Waals surface area contributed by atoms with Crippen LogP contribution in [0.15, 0.2) is 192 Å². The summed E-state index contributed by atoms with van der Waals surface area (Å²) in [6.45, 7) is 0. The molecule has 0 N–H and O–H groups in total. The van der Waals surface area contributed by atoms with Gasteiger partial charge in [-0.15, -0.1) is 11.3 Å². The van der Waals surface area contributed by atoms with E-state index in [0.29, 0.717) is 17.5 Å². The SMILES string of the molecule is c1ccc(-c2ccc(-c3nc(-c4ccccc4)nc(-c4cccc5oc6c(-c7cccc8sc9c(-c%10ccccc%10)cccc9c78)cccc6c45)n3)cc2)cc1. The van der Waals surface area contributed by atoms with Crippen LogP contribution in [0.5, 0.6) is 0 Å². The van der Waals surface area contributed by atoms with E-state index in [4.69, 9.17) is 19.4 Å². The molecule has 0 saturated heterocycles. The van der Waals surface area contributed by atoms with Crippen molar-refractivity contribution >= 4 is 53.4 Å². The van der Waals surface area contributed by atoms with E-state index in [-0.39, 0.29) is 0 Å². The molecular weight excluding hydrogens is 703 g/mol. The molecule has 8 aromatic carbocycles. The van der Waals surface area contributed by atoms with E-state index in [9.17, 15) is 0 Å². The topological polar surface area (TPSA) is 51.8 Å². The number of rotatable bonds is 6. The first kappa shape index (κ1) is 32.2. The Morgan fingerprint density at radius 2 is 0.857 bits per heavy atom. The Balaban J connectivity index is 1.09. The number of thiophene rings is 1. The number of hydrogen-bond acceptors (Lipinski definition) is 5. The minimum Gasteiger partial charge on any atom is -0.455 e. The van der Waals surface area contributed by atoms with Gasteiger partial charge in [0.15, 0.2) is 17.5 Å². The van der Waals surface area contributed by atoms with Crippen LogP contribution in [-0.2, 0) is 0 Å². The highest BCUT2D eigenvalue weighted by Crippen LogP contribution is 2.47. The highest BCUT2D eigenvalue weighted by molar-refractivity contribution is 7.26. The number of furan rings is 1. The van der Waals surface area contributed by atoms with Gasteiger partial charge in [-0.05, 0) is 39.9 Å². The normalized spacial score (nSPS) is 11.6. The average Bonchev–Trinajstić information content (AvgIpc) is 3.86. The molecule has 11 rings (SSSR count). The molecular formula is C51H31N3OS. The average molecular weight is 734 g/mol. The van der Waals surface area contributed by atoms with Crippen LogP contribution in [0, 0.1) is 0 Å². The van der Waals surface area contributed by atoms with Crippen LogP contribution in [0.3, 0.4) is 0 Å². The summed E-state index contributed by atoms with van der Waals surface area (Å²) in [6, 6.07) is 65.5. The molecule has 0 amide bonds. The van der Waals surface area contributed by atoms with Crippen LogP contribution < -0.4 is 0 Å². The monoisotopic (exact) mass is 733 g/mol. The van der Waals surface area contributed by atoms with Gasteiger partial charge >= 0.3 is 0 Å². The maximum absolute atomic E-state index is 6.85. The molecule has 0 aliphatic carbocycles. The minimum absolute atomic E-state index is 0.596. The lowest BCUT2D eigenvalue weighted by Gasteiger charge is -2.10. The molecule has 3 heterocycles. The van der Waals surface area contributed by atoms with Crippen molar-refractivity contribution in [3.8, 4) is 67.5 Å². The Morgan fingerprint density at radius 3 is 1.59 bits per heavy atom. The van der Waals surface area contributed by atoms with Crippen LogP contribution >= 0.6 is 11.3 Å². The van der Waals surface area contributed by atoms with Crippen molar-refractivity contribution in [2.75, 3.05) is 0 Å². The molecule has 0 spiro atoms. The van der Waals surface area contributed by atoms with E-state index in [0.717, 1.165) is 55.3 Å². The smallest absolute Gasteiger partial charge is 0.164 e. The third-order valence-corrected chi connectivity index (χ3v) is 11.8. The Hall–Kier alpha value is -7.21. The zero-order chi connectivity index (χ0) is 37.0. The highest BCUT2D eigenvalue weighted by atomic mass is 32.1. The number of para-hydroxylation sites is 1. The minimum atomic E-state index is 0.596. The predicted octanol–water partition coefficient (Wildman–Crippen LogP) is 14.1. The maximum Gasteiger partial charge on any atom is 0.164 e. The van der Waals surface area contributed by atoms with Crippen molar-refractivity contribution in [2.45, 2.75) is 0 Å². The predicted molar refractivity (Wildman–Crippen MR) is 233 cm³/mol. The van der Waals surface area contributed by atoms with Gasteiger partial charge in [0.05, 0.1) is 0 Å². The van der Waals surface area contributed by atoms with Crippen molar-refractivity contribution in [1.82, 2.24) is 15.0 Å². The first-order valence-electron chi connectivity index (χ1n) is 18.7. The van der Waals surface area contributed by atoms with E-state index >= 15 is 0 Å². The summed E-state index contributed by atoms with van der Waals surface area (Å²) in [5, 5.41) is 4.49. The van der Waals surface area contributed by atoms with Crippen LogP contribution in [0.1, 0.15) is 0 Å². The molecule has 0 aliphatic heterocycles. The van der Waals surface area contributed by atoms with Crippen molar-refractivity contribution in [1.29, 1.82) is 0 Å². The fraction of sp³-hybridized carbons (Fsp3) is 0. The number of hydrogen-bond donors (Lipinski definition) is 0. The largest absolute Gasteiger partial charge is 0.455 e. The second kappa shape index (κ2) is 13.3. The fourth-order valence-corrected chi connectivity index (χ4v) is 9.21. The standard InChI is InChI=1S/C51H31N3OS/c1-4-14-32(15-5-1)33-28-30-36(31-29-33)50-52-49(35-18-8-3-9-19-35)53-51(54-50)42-25-12-26-43-45(42)40-23-11-22-39(47(40)55-43)38-21-13-27-44-46(38)41-24-10-20-37(48(41)56-44)34-16-6-2-7-17-34/h1-31H. The van der Waals surface area contributed by atoms with Crippen molar-refractivity contribution in [2.24, 2.45) is 0 Å². The molecule has 0 bridgehead atoms. The highest BCUT2D eigenvalue weighted by Gasteiger charge is 2.21. The summed E-state index contributed by atoms with van der Waals surface area (Å²) >= 11 is 1.85. The summed E-state index contributed by atoms with van der Waals surface area (Å²) in [5.74, 6) is 1.83. The molecule has 262 valence electrons. The molecule has 4 nitrogen and oxygen atoms in total. The molecule has 11 aromatic rings. The molecule has 56 heavy (non-hydrogen) atoms. The molecule has 5 heteroatoms. The van der Waals surface area contributed by atoms with Crippen LogP contribution in [0.25, 0.3) is 110 Å². The van der Waals surface area contributed by atoms with Gasteiger partial charge in [0, 0.05) is 53.2 Å². The van der Waals surface area contributed by atoms with Gasteiger partial charge in [-0.25, -0.2) is 15.0 Å². The molecule has 0 radical (unpaired) electrons. The molecule has 3 aromatic heterocycles. The van der Waals surface area contributed by atoms with Crippen molar-refractivity contribution in [3.63, 3.8) is 0 Å². The first-order chi connectivity index (χ1) is 27.8. The number of nitrogens with zero attached hydrogens (tertiary/aromatic N) is 3. The summed E-state index contributed by atoms with van der Waals surface area (Å²) in [6.07, 6.45) is 0. The third-order valence-electron chi connectivity index (χ3n) is 10.6. The zero-order valence-corrected chi connectivity index (χ0v) is 30.9. The van der Waals surface area contributed by atoms with Crippen LogP contribution in [-0.4, -0.2) is 15.0 Å². The van der Waals surface area contributed by atoms with Gasteiger partial charge in [-0.2, -0.15) is 0 Å².